The third-order valence-corrected chi connectivity index (χ3v) is 3.06. The molecule has 1 fully saturated rings. The molecule has 1 aliphatic rings. The monoisotopic (exact) mass is 197 g/mol. The van der Waals surface area contributed by atoms with Gasteiger partial charge in [-0.05, 0) is 19.3 Å². The summed E-state index contributed by atoms with van der Waals surface area (Å²) >= 11 is 0. The molecule has 82 valence electrons. The van der Waals surface area contributed by atoms with Crippen LogP contribution in [-0.4, -0.2) is 12.5 Å². The van der Waals surface area contributed by atoms with Crippen LogP contribution in [0.3, 0.4) is 0 Å². The van der Waals surface area contributed by atoms with E-state index < -0.39 is 0 Å². The number of carbonyl (C=O) groups excluding carboxylic acids is 1. The molecule has 1 heterocycles. The number of carbonyl (C=O) groups is 1. The molecule has 0 aromatic heterocycles. The van der Waals surface area contributed by atoms with Crippen molar-refractivity contribution in [1.82, 2.24) is 5.32 Å². The van der Waals surface area contributed by atoms with Crippen molar-refractivity contribution in [3.8, 4) is 0 Å². The van der Waals surface area contributed by atoms with Gasteiger partial charge >= 0.3 is 0 Å². The number of hydrogen-bond donors (Lipinski definition) is 1. The molecule has 0 saturated carbocycles. The Labute approximate surface area is 87.5 Å². The van der Waals surface area contributed by atoms with Gasteiger partial charge in [0.05, 0.1) is 0 Å². The predicted octanol–water partition coefficient (Wildman–Crippen LogP) is 2.87. The van der Waals surface area contributed by atoms with Gasteiger partial charge in [0.1, 0.15) is 0 Å². The molecule has 0 bridgehead atoms. The second kappa shape index (κ2) is 6.86. The summed E-state index contributed by atoms with van der Waals surface area (Å²) in [5, 5.41) is 2.95. The van der Waals surface area contributed by atoms with E-state index in [1.54, 1.807) is 0 Å². The van der Waals surface area contributed by atoms with Gasteiger partial charge in [0.25, 0.3) is 0 Å². The van der Waals surface area contributed by atoms with E-state index >= 15 is 0 Å². The largest absolute Gasteiger partial charge is 0.356 e. The second-order valence-electron chi connectivity index (χ2n) is 4.33. The summed E-state index contributed by atoms with van der Waals surface area (Å²) in [6.07, 6.45) is 9.90. The van der Waals surface area contributed by atoms with Crippen LogP contribution in [0.25, 0.3) is 0 Å². The first kappa shape index (κ1) is 11.5. The predicted molar refractivity (Wildman–Crippen MR) is 59.1 cm³/mol. The lowest BCUT2D eigenvalue weighted by atomic mass is 9.92. The molecule has 2 heteroatoms. The van der Waals surface area contributed by atoms with Crippen LogP contribution in [-0.2, 0) is 4.79 Å². The van der Waals surface area contributed by atoms with Gasteiger partial charge in [-0.1, -0.05) is 39.0 Å². The van der Waals surface area contributed by atoms with Crippen molar-refractivity contribution in [2.24, 2.45) is 5.92 Å². The minimum absolute atomic E-state index is 0.298. The van der Waals surface area contributed by atoms with E-state index in [2.05, 4.69) is 12.2 Å². The van der Waals surface area contributed by atoms with Crippen LogP contribution >= 0.6 is 0 Å². The van der Waals surface area contributed by atoms with Crippen LogP contribution in [0.4, 0.5) is 0 Å². The molecule has 1 N–H and O–H groups in total. The van der Waals surface area contributed by atoms with Gasteiger partial charge < -0.3 is 5.32 Å². The fourth-order valence-electron chi connectivity index (χ4n) is 2.11. The topological polar surface area (TPSA) is 29.1 Å². The van der Waals surface area contributed by atoms with Crippen LogP contribution in [0.5, 0.6) is 0 Å². The second-order valence-corrected chi connectivity index (χ2v) is 4.33. The van der Waals surface area contributed by atoms with E-state index in [0.29, 0.717) is 11.8 Å². The first-order valence-electron chi connectivity index (χ1n) is 6.12. The third kappa shape index (κ3) is 4.12. The fourth-order valence-corrected chi connectivity index (χ4v) is 2.11. The molecule has 0 aliphatic carbocycles. The maximum Gasteiger partial charge on any atom is 0.223 e. The molecule has 0 aromatic carbocycles. The summed E-state index contributed by atoms with van der Waals surface area (Å²) in [5.41, 5.74) is 0. The molecule has 14 heavy (non-hydrogen) atoms. The van der Waals surface area contributed by atoms with Crippen LogP contribution < -0.4 is 5.32 Å². The van der Waals surface area contributed by atoms with Gasteiger partial charge in [0, 0.05) is 12.5 Å². The average Bonchev–Trinajstić information content (AvgIpc) is 2.20. The van der Waals surface area contributed by atoms with E-state index in [9.17, 15) is 4.79 Å². The summed E-state index contributed by atoms with van der Waals surface area (Å²) in [4.78, 5) is 11.4. The summed E-state index contributed by atoms with van der Waals surface area (Å²) in [5.74, 6) is 0.622. The van der Waals surface area contributed by atoms with E-state index in [1.807, 2.05) is 0 Å². The van der Waals surface area contributed by atoms with Crippen LogP contribution in [0, 0.1) is 5.92 Å². The van der Waals surface area contributed by atoms with E-state index in [0.717, 1.165) is 19.4 Å². The van der Waals surface area contributed by atoms with Crippen molar-refractivity contribution in [1.29, 1.82) is 0 Å². The molecule has 1 atom stereocenters. The molecule has 2 nitrogen and oxygen atoms in total. The van der Waals surface area contributed by atoms with Crippen LogP contribution in [0.2, 0.25) is 0 Å². The highest BCUT2D eigenvalue weighted by atomic mass is 16.1. The summed E-state index contributed by atoms with van der Waals surface area (Å²) < 4.78 is 0. The quantitative estimate of drug-likeness (QED) is 0.652. The van der Waals surface area contributed by atoms with Gasteiger partial charge in [0.15, 0.2) is 0 Å². The molecule has 0 radical (unpaired) electrons. The van der Waals surface area contributed by atoms with Crippen LogP contribution in [0.15, 0.2) is 0 Å². The Hall–Kier alpha value is -0.530. The summed E-state index contributed by atoms with van der Waals surface area (Å²) in [7, 11) is 0. The maximum absolute atomic E-state index is 11.4. The van der Waals surface area contributed by atoms with Crippen LogP contribution in [0.1, 0.15) is 58.3 Å². The van der Waals surface area contributed by atoms with Crippen molar-refractivity contribution >= 4 is 5.91 Å². The Morgan fingerprint density at radius 1 is 1.29 bits per heavy atom. The van der Waals surface area contributed by atoms with Gasteiger partial charge in [-0.25, -0.2) is 0 Å². The van der Waals surface area contributed by atoms with E-state index in [4.69, 9.17) is 0 Å². The minimum atomic E-state index is 0.298. The van der Waals surface area contributed by atoms with Crippen molar-refractivity contribution in [2.75, 3.05) is 6.54 Å². The third-order valence-electron chi connectivity index (χ3n) is 3.06. The van der Waals surface area contributed by atoms with Gasteiger partial charge in [-0.3, -0.25) is 4.79 Å². The molecule has 1 saturated heterocycles. The molecule has 0 spiro atoms. The van der Waals surface area contributed by atoms with Crippen molar-refractivity contribution in [3.05, 3.63) is 0 Å². The van der Waals surface area contributed by atoms with Crippen molar-refractivity contribution in [3.63, 3.8) is 0 Å². The molecule has 0 aromatic rings. The molecule has 1 amide bonds. The zero-order valence-electron chi connectivity index (χ0n) is 9.35. The number of unbranched alkanes of at least 4 members (excludes halogenated alkanes) is 4. The maximum atomic E-state index is 11.4. The van der Waals surface area contributed by atoms with E-state index in [1.165, 1.54) is 38.5 Å². The Bertz CT molecular complexity index is 168. The molecule has 1 rings (SSSR count). The highest BCUT2D eigenvalue weighted by Crippen LogP contribution is 2.19. The lowest BCUT2D eigenvalue weighted by Crippen LogP contribution is -2.36. The van der Waals surface area contributed by atoms with Gasteiger partial charge in [-0.2, -0.15) is 0 Å². The number of rotatable bonds is 6. The number of nitrogens with one attached hydrogen (secondary N) is 1. The lowest BCUT2D eigenvalue weighted by Gasteiger charge is -2.21. The normalized spacial score (nSPS) is 22.1. The molecular formula is C12H23NO. The smallest absolute Gasteiger partial charge is 0.223 e. The highest BCUT2D eigenvalue weighted by Gasteiger charge is 2.20. The van der Waals surface area contributed by atoms with E-state index in [-0.39, 0.29) is 0 Å². The number of piperidine rings is 1. The Morgan fingerprint density at radius 2 is 2.07 bits per heavy atom. The fraction of sp³-hybridized carbons (Fsp3) is 0.917. The molecule has 1 aliphatic heterocycles. The number of amides is 1. The Balaban J connectivity index is 2.02. The van der Waals surface area contributed by atoms with Crippen molar-refractivity contribution < 1.29 is 4.79 Å². The lowest BCUT2D eigenvalue weighted by molar-refractivity contribution is -0.126. The zero-order valence-corrected chi connectivity index (χ0v) is 9.35. The zero-order chi connectivity index (χ0) is 10.2. The van der Waals surface area contributed by atoms with Gasteiger partial charge in [0.2, 0.25) is 5.91 Å². The standard InChI is InChI=1S/C12H23NO/c1-2-3-4-5-6-8-11-9-7-10-13-12(11)14/h11H,2-10H2,1H3,(H,13,14). The highest BCUT2D eigenvalue weighted by molar-refractivity contribution is 5.79. The summed E-state index contributed by atoms with van der Waals surface area (Å²) in [6, 6.07) is 0. The first-order chi connectivity index (χ1) is 6.84. The molecular weight excluding hydrogens is 174 g/mol. The van der Waals surface area contributed by atoms with Crippen molar-refractivity contribution in [2.45, 2.75) is 58.3 Å². The van der Waals surface area contributed by atoms with Gasteiger partial charge in [-0.15, -0.1) is 0 Å². The first-order valence-corrected chi connectivity index (χ1v) is 6.12. The number of hydrogen-bond acceptors (Lipinski definition) is 1. The Kier molecular flexibility index (Phi) is 5.65. The minimum Gasteiger partial charge on any atom is -0.356 e. The molecule has 1 unspecified atom stereocenters. The average molecular weight is 197 g/mol. The Morgan fingerprint density at radius 3 is 2.79 bits per heavy atom. The summed E-state index contributed by atoms with van der Waals surface area (Å²) in [6.45, 7) is 3.12. The SMILES string of the molecule is CCCCCCCC1CCCNC1=O.